The number of ether oxygens (including phenoxy) is 2. The van der Waals surface area contributed by atoms with Crippen LogP contribution in [0.5, 0.6) is 0 Å². The summed E-state index contributed by atoms with van der Waals surface area (Å²) in [6.07, 6.45) is 0.919. The van der Waals surface area contributed by atoms with Crippen LogP contribution in [0.4, 0.5) is 4.79 Å². The maximum Gasteiger partial charge on any atom is 0.407 e. The first-order valence-electron chi connectivity index (χ1n) is 6.07. The number of carbonyl (C=O) groups is 1. The van der Waals surface area contributed by atoms with Crippen LogP contribution in [0.2, 0.25) is 0 Å². The molecule has 0 aromatic carbocycles. The highest BCUT2D eigenvalue weighted by molar-refractivity contribution is 5.68. The van der Waals surface area contributed by atoms with E-state index in [0.717, 1.165) is 12.8 Å². The van der Waals surface area contributed by atoms with Crippen molar-refractivity contribution in [3.63, 3.8) is 0 Å². The van der Waals surface area contributed by atoms with Crippen molar-refractivity contribution in [1.29, 1.82) is 0 Å². The number of carbonyl (C=O) groups excluding carboxylic acids is 1. The molecule has 0 spiro atoms. The van der Waals surface area contributed by atoms with Gasteiger partial charge >= 0.3 is 6.09 Å². The summed E-state index contributed by atoms with van der Waals surface area (Å²) >= 11 is 0. The van der Waals surface area contributed by atoms with E-state index < -0.39 is 11.7 Å². The van der Waals surface area contributed by atoms with Crippen molar-refractivity contribution >= 4 is 6.09 Å². The maximum absolute atomic E-state index is 11.6. The summed E-state index contributed by atoms with van der Waals surface area (Å²) in [5.74, 6) is 0. The number of aliphatic hydroxyl groups is 1. The summed E-state index contributed by atoms with van der Waals surface area (Å²) < 4.78 is 10.7. The molecule has 1 fully saturated rings. The molecule has 1 saturated heterocycles. The van der Waals surface area contributed by atoms with Gasteiger partial charge in [-0.15, -0.1) is 0 Å². The molecule has 1 aliphatic heterocycles. The van der Waals surface area contributed by atoms with Crippen LogP contribution in [-0.4, -0.2) is 41.7 Å². The average Bonchev–Trinajstić information content (AvgIpc) is 2.18. The molecule has 17 heavy (non-hydrogen) atoms. The fourth-order valence-electron chi connectivity index (χ4n) is 1.85. The molecule has 3 atom stereocenters. The van der Waals surface area contributed by atoms with E-state index in [4.69, 9.17) is 14.6 Å². The number of hydrogen-bond acceptors (Lipinski definition) is 4. The quantitative estimate of drug-likeness (QED) is 0.772. The average molecular weight is 245 g/mol. The standard InChI is InChI=1S/C12H23NO4/c1-8-10(6-5-9(7-14)16-8)13-11(15)17-12(2,3)4/h8-10,14H,5-7H2,1-4H3,(H,13,15)/t8-,9+,10-/m1/s1. The van der Waals surface area contributed by atoms with Crippen LogP contribution >= 0.6 is 0 Å². The minimum absolute atomic E-state index is 0.0312. The van der Waals surface area contributed by atoms with Gasteiger partial charge in [0.25, 0.3) is 0 Å². The van der Waals surface area contributed by atoms with Gasteiger partial charge in [0, 0.05) is 0 Å². The van der Waals surface area contributed by atoms with Crippen LogP contribution in [0, 0.1) is 0 Å². The number of hydrogen-bond donors (Lipinski definition) is 2. The van der Waals surface area contributed by atoms with Crippen molar-refractivity contribution in [2.45, 2.75) is 64.4 Å². The Balaban J connectivity index is 2.40. The number of aliphatic hydroxyl groups excluding tert-OH is 1. The van der Waals surface area contributed by atoms with Crippen molar-refractivity contribution < 1.29 is 19.4 Å². The molecule has 1 amide bonds. The zero-order valence-electron chi connectivity index (χ0n) is 11.0. The highest BCUT2D eigenvalue weighted by atomic mass is 16.6. The van der Waals surface area contributed by atoms with E-state index in [1.807, 2.05) is 27.7 Å². The molecule has 0 bridgehead atoms. The Morgan fingerprint density at radius 3 is 2.59 bits per heavy atom. The van der Waals surface area contributed by atoms with Crippen LogP contribution < -0.4 is 5.32 Å². The first-order valence-corrected chi connectivity index (χ1v) is 6.07. The minimum Gasteiger partial charge on any atom is -0.444 e. The van der Waals surface area contributed by atoms with Gasteiger partial charge in [-0.3, -0.25) is 0 Å². The summed E-state index contributed by atoms with van der Waals surface area (Å²) in [5, 5.41) is 11.8. The lowest BCUT2D eigenvalue weighted by atomic mass is 10.00. The van der Waals surface area contributed by atoms with Gasteiger partial charge in [0.2, 0.25) is 0 Å². The first-order chi connectivity index (χ1) is 7.81. The molecule has 0 saturated carbocycles. The van der Waals surface area contributed by atoms with Crippen molar-refractivity contribution in [2.75, 3.05) is 6.61 Å². The van der Waals surface area contributed by atoms with E-state index >= 15 is 0 Å². The van der Waals surface area contributed by atoms with Gasteiger partial charge in [-0.2, -0.15) is 0 Å². The van der Waals surface area contributed by atoms with Gasteiger partial charge in [-0.25, -0.2) is 4.79 Å². The van der Waals surface area contributed by atoms with E-state index in [1.54, 1.807) is 0 Å². The Labute approximate surface area is 102 Å². The molecule has 1 aliphatic rings. The van der Waals surface area contributed by atoms with E-state index in [-0.39, 0.29) is 24.9 Å². The second kappa shape index (κ2) is 5.69. The normalized spacial score (nSPS) is 29.8. The van der Waals surface area contributed by atoms with Crippen molar-refractivity contribution in [3.8, 4) is 0 Å². The lowest BCUT2D eigenvalue weighted by Crippen LogP contribution is -2.49. The largest absolute Gasteiger partial charge is 0.444 e. The first kappa shape index (κ1) is 14.3. The van der Waals surface area contributed by atoms with Gasteiger partial charge < -0.3 is 19.9 Å². The van der Waals surface area contributed by atoms with Crippen molar-refractivity contribution in [1.82, 2.24) is 5.32 Å². The van der Waals surface area contributed by atoms with Crippen LogP contribution in [0.25, 0.3) is 0 Å². The molecular formula is C12H23NO4. The van der Waals surface area contributed by atoms with Gasteiger partial charge in [0.15, 0.2) is 0 Å². The third kappa shape index (κ3) is 4.91. The Bertz CT molecular complexity index is 262. The van der Waals surface area contributed by atoms with Gasteiger partial charge in [-0.05, 0) is 40.5 Å². The van der Waals surface area contributed by atoms with E-state index in [2.05, 4.69) is 5.32 Å². The van der Waals surface area contributed by atoms with E-state index in [1.165, 1.54) is 0 Å². The third-order valence-corrected chi connectivity index (χ3v) is 2.68. The molecule has 2 N–H and O–H groups in total. The Morgan fingerprint density at radius 2 is 2.12 bits per heavy atom. The number of amides is 1. The molecular weight excluding hydrogens is 222 g/mol. The topological polar surface area (TPSA) is 67.8 Å². The number of rotatable bonds is 2. The minimum atomic E-state index is -0.490. The molecule has 0 aromatic heterocycles. The fraction of sp³-hybridized carbons (Fsp3) is 0.917. The Kier molecular flexibility index (Phi) is 4.77. The predicted molar refractivity (Wildman–Crippen MR) is 63.8 cm³/mol. The number of nitrogens with one attached hydrogen (secondary N) is 1. The van der Waals surface area contributed by atoms with Crippen LogP contribution in [0.1, 0.15) is 40.5 Å². The van der Waals surface area contributed by atoms with Gasteiger partial charge in [0.1, 0.15) is 5.60 Å². The molecule has 1 heterocycles. The zero-order valence-corrected chi connectivity index (χ0v) is 11.0. The lowest BCUT2D eigenvalue weighted by molar-refractivity contribution is -0.0797. The Morgan fingerprint density at radius 1 is 1.47 bits per heavy atom. The fourth-order valence-corrected chi connectivity index (χ4v) is 1.85. The summed E-state index contributed by atoms with van der Waals surface area (Å²) in [4.78, 5) is 11.6. The zero-order chi connectivity index (χ0) is 13.1. The highest BCUT2D eigenvalue weighted by Crippen LogP contribution is 2.19. The van der Waals surface area contributed by atoms with Gasteiger partial charge in [0.05, 0.1) is 24.9 Å². The predicted octanol–water partition coefficient (Wildman–Crippen LogP) is 1.44. The van der Waals surface area contributed by atoms with Crippen LogP contribution in [0.15, 0.2) is 0 Å². The summed E-state index contributed by atoms with van der Waals surface area (Å²) in [6, 6.07) is -0.0485. The summed E-state index contributed by atoms with van der Waals surface area (Å²) in [6.45, 7) is 7.41. The maximum atomic E-state index is 11.6. The van der Waals surface area contributed by atoms with Crippen LogP contribution in [0.3, 0.4) is 0 Å². The summed E-state index contributed by atoms with van der Waals surface area (Å²) in [7, 11) is 0. The van der Waals surface area contributed by atoms with E-state index in [0.29, 0.717) is 0 Å². The molecule has 0 aromatic rings. The van der Waals surface area contributed by atoms with Crippen molar-refractivity contribution in [2.24, 2.45) is 0 Å². The Hall–Kier alpha value is -0.810. The lowest BCUT2D eigenvalue weighted by Gasteiger charge is -2.34. The molecule has 0 aliphatic carbocycles. The molecule has 0 radical (unpaired) electrons. The SMILES string of the molecule is C[C@H]1O[C@H](CO)CC[C@H]1NC(=O)OC(C)(C)C. The van der Waals surface area contributed by atoms with E-state index in [9.17, 15) is 4.79 Å². The molecule has 1 rings (SSSR count). The summed E-state index contributed by atoms with van der Waals surface area (Å²) in [5.41, 5.74) is -0.490. The molecule has 5 nitrogen and oxygen atoms in total. The van der Waals surface area contributed by atoms with Crippen LogP contribution in [-0.2, 0) is 9.47 Å². The molecule has 5 heteroatoms. The molecule has 0 unspecified atom stereocenters. The van der Waals surface area contributed by atoms with Gasteiger partial charge in [-0.1, -0.05) is 0 Å². The monoisotopic (exact) mass is 245 g/mol. The number of alkyl carbamates (subject to hydrolysis) is 1. The second-order valence-corrected chi connectivity index (χ2v) is 5.48. The third-order valence-electron chi connectivity index (χ3n) is 2.68. The van der Waals surface area contributed by atoms with Crippen molar-refractivity contribution in [3.05, 3.63) is 0 Å². The smallest absolute Gasteiger partial charge is 0.407 e. The molecule has 100 valence electrons. The second-order valence-electron chi connectivity index (χ2n) is 5.48. The highest BCUT2D eigenvalue weighted by Gasteiger charge is 2.30.